The Morgan fingerprint density at radius 2 is 1.48 bits per heavy atom. The van der Waals surface area contributed by atoms with Crippen LogP contribution in [0.4, 0.5) is 0 Å². The number of Topliss-reactive ketones (excluding diaryl/α,β-unsaturated/α-hetero) is 1. The molecular formula is C20H21NO8. The molecule has 0 fully saturated rings. The first kappa shape index (κ1) is 23.3. The second-order valence-electron chi connectivity index (χ2n) is 5.76. The van der Waals surface area contributed by atoms with E-state index in [4.69, 9.17) is 15.6 Å². The van der Waals surface area contributed by atoms with E-state index in [1.54, 1.807) is 12.1 Å². The zero-order chi connectivity index (χ0) is 22.1. The molecule has 0 aliphatic heterocycles. The highest BCUT2D eigenvalue weighted by molar-refractivity contribution is 6.02. The molecular weight excluding hydrogens is 382 g/mol. The highest BCUT2D eigenvalue weighted by Crippen LogP contribution is 2.23. The first-order valence-electron chi connectivity index (χ1n) is 8.34. The van der Waals surface area contributed by atoms with E-state index in [1.165, 1.54) is 51.1 Å². The number of carboxylic acids is 1. The van der Waals surface area contributed by atoms with Crippen molar-refractivity contribution in [3.63, 3.8) is 0 Å². The number of ether oxygens (including phenoxy) is 2. The third-order valence-corrected chi connectivity index (χ3v) is 3.30. The van der Waals surface area contributed by atoms with E-state index in [9.17, 15) is 24.3 Å². The zero-order valence-corrected chi connectivity index (χ0v) is 16.0. The largest absolute Gasteiger partial charge is 0.506 e. The van der Waals surface area contributed by atoms with Crippen molar-refractivity contribution in [2.45, 2.75) is 27.0 Å². The van der Waals surface area contributed by atoms with Crippen LogP contribution < -0.4 is 10.5 Å². The monoisotopic (exact) mass is 403 g/mol. The lowest BCUT2D eigenvalue weighted by Gasteiger charge is -2.10. The number of hydrogen-bond acceptors (Lipinski definition) is 8. The van der Waals surface area contributed by atoms with Crippen molar-refractivity contribution >= 4 is 23.7 Å². The van der Waals surface area contributed by atoms with Gasteiger partial charge >= 0.3 is 17.9 Å². The van der Waals surface area contributed by atoms with Gasteiger partial charge in [-0.25, -0.2) is 9.59 Å². The maximum atomic E-state index is 11.5. The van der Waals surface area contributed by atoms with Gasteiger partial charge in [0.1, 0.15) is 28.9 Å². The molecule has 0 aliphatic carbocycles. The lowest BCUT2D eigenvalue weighted by Crippen LogP contribution is -2.23. The molecule has 154 valence electrons. The number of phenolic OH excluding ortho intramolecular Hbond substituents is 1. The van der Waals surface area contributed by atoms with Crippen molar-refractivity contribution in [2.24, 2.45) is 5.73 Å². The normalized spacial score (nSPS) is 10.8. The molecule has 4 N–H and O–H groups in total. The van der Waals surface area contributed by atoms with E-state index in [1.807, 2.05) is 0 Å². The van der Waals surface area contributed by atoms with Gasteiger partial charge in [0.25, 0.3) is 0 Å². The number of carboxylic acid groups (broad SMARTS) is 1. The first-order chi connectivity index (χ1) is 13.5. The second-order valence-corrected chi connectivity index (χ2v) is 5.76. The third-order valence-electron chi connectivity index (χ3n) is 3.30. The number of para-hydroxylation sites is 2. The lowest BCUT2D eigenvalue weighted by molar-refractivity contribution is -0.131. The Bertz CT molecular complexity index is 920. The number of aromatic hydroxyl groups is 1. The standard InChI is InChI=1S/C11H13NO4.C9H8O4/c1-6(13)8-4-3-5-9(10(8)14)11(15)16-7(2)12;1-6(10)13-8-5-3-2-4-7(8)9(11)12/h3-5,7,14H,12H2,1-2H3;2-5H,1H3,(H,11,12). The fourth-order valence-electron chi connectivity index (χ4n) is 2.11. The molecule has 0 saturated carbocycles. The summed E-state index contributed by atoms with van der Waals surface area (Å²) in [6, 6.07) is 10.3. The Kier molecular flexibility index (Phi) is 8.50. The third kappa shape index (κ3) is 7.07. The van der Waals surface area contributed by atoms with Gasteiger partial charge in [-0.3, -0.25) is 15.3 Å². The van der Waals surface area contributed by atoms with Crippen LogP contribution >= 0.6 is 0 Å². The predicted octanol–water partition coefficient (Wildman–Crippen LogP) is 2.37. The summed E-state index contributed by atoms with van der Waals surface area (Å²) < 4.78 is 9.41. The van der Waals surface area contributed by atoms with Gasteiger partial charge in [-0.2, -0.15) is 0 Å². The molecule has 1 atom stereocenters. The topological polar surface area (TPSA) is 153 Å². The fourth-order valence-corrected chi connectivity index (χ4v) is 2.11. The Labute approximate surface area is 166 Å². The minimum absolute atomic E-state index is 0.0160. The second kappa shape index (κ2) is 10.6. The van der Waals surface area contributed by atoms with Crippen LogP contribution in [-0.4, -0.2) is 40.1 Å². The summed E-state index contributed by atoms with van der Waals surface area (Å²) in [7, 11) is 0. The Hall–Kier alpha value is -3.72. The van der Waals surface area contributed by atoms with Gasteiger partial charge in [0, 0.05) is 6.92 Å². The van der Waals surface area contributed by atoms with Gasteiger partial charge in [-0.1, -0.05) is 18.2 Å². The van der Waals surface area contributed by atoms with Crippen molar-refractivity contribution in [1.82, 2.24) is 0 Å². The van der Waals surface area contributed by atoms with Crippen LogP contribution in [-0.2, 0) is 9.53 Å². The summed E-state index contributed by atoms with van der Waals surface area (Å²) in [5.41, 5.74) is 5.29. The molecule has 9 nitrogen and oxygen atoms in total. The minimum Gasteiger partial charge on any atom is -0.506 e. The Morgan fingerprint density at radius 1 is 0.931 bits per heavy atom. The van der Waals surface area contributed by atoms with Crippen molar-refractivity contribution < 1.29 is 38.9 Å². The van der Waals surface area contributed by atoms with Crippen LogP contribution in [0.2, 0.25) is 0 Å². The molecule has 29 heavy (non-hydrogen) atoms. The van der Waals surface area contributed by atoms with Crippen LogP contribution in [0.25, 0.3) is 0 Å². The Morgan fingerprint density at radius 3 is 2.00 bits per heavy atom. The smallest absolute Gasteiger partial charge is 0.343 e. The molecule has 9 heteroatoms. The maximum Gasteiger partial charge on any atom is 0.343 e. The van der Waals surface area contributed by atoms with Crippen molar-refractivity contribution in [2.75, 3.05) is 0 Å². The zero-order valence-electron chi connectivity index (χ0n) is 16.0. The van der Waals surface area contributed by atoms with E-state index in [0.717, 1.165) is 0 Å². The number of aromatic carboxylic acids is 1. The number of ketones is 1. The summed E-state index contributed by atoms with van der Waals surface area (Å²) in [4.78, 5) is 43.8. The van der Waals surface area contributed by atoms with E-state index < -0.39 is 24.1 Å². The first-order valence-corrected chi connectivity index (χ1v) is 8.34. The maximum absolute atomic E-state index is 11.5. The molecule has 0 spiro atoms. The summed E-state index contributed by atoms with van der Waals surface area (Å²) in [5, 5.41) is 18.4. The minimum atomic E-state index is -1.11. The molecule has 2 aromatic rings. The molecule has 0 saturated heterocycles. The lowest BCUT2D eigenvalue weighted by atomic mass is 10.1. The number of rotatable bonds is 5. The number of benzene rings is 2. The van der Waals surface area contributed by atoms with Crippen LogP contribution in [0, 0.1) is 0 Å². The molecule has 0 aliphatic rings. The van der Waals surface area contributed by atoms with Gasteiger partial charge < -0.3 is 19.7 Å². The SMILES string of the molecule is CC(=O)Oc1ccccc1C(=O)O.CC(=O)c1cccc(C(=O)OC(C)N)c1O. The van der Waals surface area contributed by atoms with E-state index in [2.05, 4.69) is 4.74 Å². The average molecular weight is 403 g/mol. The molecule has 0 bridgehead atoms. The van der Waals surface area contributed by atoms with Gasteiger partial charge in [0.2, 0.25) is 0 Å². The molecule has 2 aromatic carbocycles. The van der Waals surface area contributed by atoms with Crippen LogP contribution in [0.3, 0.4) is 0 Å². The molecule has 0 amide bonds. The quantitative estimate of drug-likeness (QED) is 0.295. The van der Waals surface area contributed by atoms with E-state index in [0.29, 0.717) is 0 Å². The molecule has 0 aromatic heterocycles. The number of carbonyl (C=O) groups is 4. The fraction of sp³-hybridized carbons (Fsp3) is 0.200. The molecule has 2 rings (SSSR count). The van der Waals surface area contributed by atoms with Crippen LogP contribution in [0.1, 0.15) is 51.8 Å². The molecule has 0 radical (unpaired) electrons. The molecule has 0 heterocycles. The number of hydrogen-bond donors (Lipinski definition) is 3. The van der Waals surface area contributed by atoms with Gasteiger partial charge in [0.15, 0.2) is 5.78 Å². The van der Waals surface area contributed by atoms with E-state index >= 15 is 0 Å². The highest BCUT2D eigenvalue weighted by atomic mass is 16.6. The van der Waals surface area contributed by atoms with Crippen LogP contribution in [0.15, 0.2) is 42.5 Å². The number of carbonyl (C=O) groups excluding carboxylic acids is 3. The number of nitrogens with two attached hydrogens (primary N) is 1. The van der Waals surface area contributed by atoms with Gasteiger partial charge in [-0.15, -0.1) is 0 Å². The van der Waals surface area contributed by atoms with E-state index in [-0.39, 0.29) is 34.0 Å². The van der Waals surface area contributed by atoms with Crippen molar-refractivity contribution in [3.8, 4) is 11.5 Å². The molecule has 1 unspecified atom stereocenters. The predicted molar refractivity (Wildman–Crippen MR) is 102 cm³/mol. The van der Waals surface area contributed by atoms with Crippen LogP contribution in [0.5, 0.6) is 11.5 Å². The van der Waals surface area contributed by atoms with Gasteiger partial charge in [0.05, 0.1) is 5.56 Å². The number of esters is 2. The average Bonchev–Trinajstić information content (AvgIpc) is 2.61. The summed E-state index contributed by atoms with van der Waals surface area (Å²) in [5.74, 6) is -3.03. The highest BCUT2D eigenvalue weighted by Gasteiger charge is 2.18. The van der Waals surface area contributed by atoms with Crippen molar-refractivity contribution in [3.05, 3.63) is 59.2 Å². The van der Waals surface area contributed by atoms with Gasteiger partial charge in [-0.05, 0) is 38.1 Å². The summed E-state index contributed by atoms with van der Waals surface area (Å²) in [6.07, 6.45) is -0.770. The summed E-state index contributed by atoms with van der Waals surface area (Å²) >= 11 is 0. The van der Waals surface area contributed by atoms with Crippen molar-refractivity contribution in [1.29, 1.82) is 0 Å². The Balaban J connectivity index is 0.000000296. The number of phenols is 1. The summed E-state index contributed by atoms with van der Waals surface area (Å²) in [6.45, 7) is 4.01.